The molecule has 1 saturated carbocycles. The molecule has 0 aliphatic heterocycles. The van der Waals surface area contributed by atoms with Crippen LogP contribution in [0.1, 0.15) is 50.4 Å². The summed E-state index contributed by atoms with van der Waals surface area (Å²) in [5.41, 5.74) is 4.81. The maximum absolute atomic E-state index is 3.87. The molecule has 2 atom stereocenters. The summed E-state index contributed by atoms with van der Waals surface area (Å²) in [6.07, 6.45) is 5.12. The molecule has 0 bridgehead atoms. The van der Waals surface area contributed by atoms with Crippen LogP contribution in [-0.4, -0.2) is 11.0 Å². The monoisotopic (exact) mass is 254 g/mol. The van der Waals surface area contributed by atoms with Gasteiger partial charge in [-0.15, -0.1) is 0 Å². The highest BCUT2D eigenvalue weighted by atomic mass is 15.0. The van der Waals surface area contributed by atoms with Crippen molar-refractivity contribution in [3.05, 3.63) is 35.5 Å². The standard InChI is InChI=1S/C17H22N2/c1-17(2)10-15(17)18-14-9-5-7-12-11-6-3-4-8-13(11)19-16(12)14/h3-4,6,8,14-15,18-19H,5,7,9-10H2,1-2H3. The van der Waals surface area contributed by atoms with Gasteiger partial charge in [-0.05, 0) is 42.7 Å². The Balaban J connectivity index is 1.70. The predicted molar refractivity (Wildman–Crippen MR) is 79.3 cm³/mol. The maximum Gasteiger partial charge on any atom is 0.0478 e. The maximum atomic E-state index is 3.87. The number of rotatable bonds is 2. The van der Waals surface area contributed by atoms with Gasteiger partial charge in [0.15, 0.2) is 0 Å². The van der Waals surface area contributed by atoms with Crippen molar-refractivity contribution in [3.8, 4) is 0 Å². The molecule has 0 amide bonds. The molecule has 0 spiro atoms. The van der Waals surface area contributed by atoms with Crippen LogP contribution in [0, 0.1) is 5.41 Å². The van der Waals surface area contributed by atoms with E-state index in [1.54, 1.807) is 5.56 Å². The molecule has 100 valence electrons. The molecular formula is C17H22N2. The number of hydrogen-bond acceptors (Lipinski definition) is 1. The number of hydrogen-bond donors (Lipinski definition) is 2. The molecule has 4 rings (SSSR count). The van der Waals surface area contributed by atoms with Crippen molar-refractivity contribution >= 4 is 10.9 Å². The number of nitrogens with one attached hydrogen (secondary N) is 2. The van der Waals surface area contributed by atoms with Gasteiger partial charge < -0.3 is 10.3 Å². The van der Waals surface area contributed by atoms with Crippen molar-refractivity contribution in [2.75, 3.05) is 0 Å². The third-order valence-corrected chi connectivity index (χ3v) is 5.03. The molecule has 0 saturated heterocycles. The topological polar surface area (TPSA) is 27.8 Å². The molecule has 2 aliphatic rings. The Hall–Kier alpha value is -1.28. The molecule has 2 nitrogen and oxygen atoms in total. The second-order valence-corrected chi connectivity index (χ2v) is 6.92. The lowest BCUT2D eigenvalue weighted by Gasteiger charge is -2.24. The van der Waals surface area contributed by atoms with Crippen LogP contribution in [-0.2, 0) is 6.42 Å². The van der Waals surface area contributed by atoms with E-state index in [9.17, 15) is 0 Å². The van der Waals surface area contributed by atoms with Crippen LogP contribution in [0.4, 0.5) is 0 Å². The number of aromatic amines is 1. The highest BCUT2D eigenvalue weighted by Gasteiger charge is 2.46. The van der Waals surface area contributed by atoms with Gasteiger partial charge in [-0.3, -0.25) is 0 Å². The summed E-state index contributed by atoms with van der Waals surface area (Å²) in [6.45, 7) is 4.72. The molecule has 2 aliphatic carbocycles. The second-order valence-electron chi connectivity index (χ2n) is 6.92. The van der Waals surface area contributed by atoms with E-state index in [1.165, 1.54) is 42.3 Å². The van der Waals surface area contributed by atoms with Gasteiger partial charge in [-0.1, -0.05) is 32.0 Å². The fourth-order valence-corrected chi connectivity index (χ4v) is 3.58. The molecule has 19 heavy (non-hydrogen) atoms. The van der Waals surface area contributed by atoms with E-state index < -0.39 is 0 Å². The molecule has 1 aromatic carbocycles. The van der Waals surface area contributed by atoms with Crippen molar-refractivity contribution in [3.63, 3.8) is 0 Å². The Morgan fingerprint density at radius 3 is 2.84 bits per heavy atom. The molecular weight excluding hydrogens is 232 g/mol. The zero-order chi connectivity index (χ0) is 13.0. The summed E-state index contributed by atoms with van der Waals surface area (Å²) in [5, 5.41) is 5.30. The Bertz CT molecular complexity index is 623. The highest BCUT2D eigenvalue weighted by Crippen LogP contribution is 2.47. The van der Waals surface area contributed by atoms with Gasteiger partial charge in [-0.2, -0.15) is 0 Å². The summed E-state index contributed by atoms with van der Waals surface area (Å²) in [5.74, 6) is 0. The van der Waals surface area contributed by atoms with E-state index >= 15 is 0 Å². The lowest BCUT2D eigenvalue weighted by molar-refractivity contribution is 0.419. The lowest BCUT2D eigenvalue weighted by atomic mass is 9.91. The zero-order valence-corrected chi connectivity index (χ0v) is 11.8. The van der Waals surface area contributed by atoms with E-state index in [4.69, 9.17) is 0 Å². The number of H-pyrrole nitrogens is 1. The average Bonchev–Trinajstić information content (AvgIpc) is 2.85. The first kappa shape index (κ1) is 11.5. The molecule has 1 fully saturated rings. The fraction of sp³-hybridized carbons (Fsp3) is 0.529. The average molecular weight is 254 g/mol. The van der Waals surface area contributed by atoms with Gasteiger partial charge >= 0.3 is 0 Å². The molecule has 2 N–H and O–H groups in total. The third kappa shape index (κ3) is 1.81. The summed E-state index contributed by atoms with van der Waals surface area (Å²) in [6, 6.07) is 9.96. The number of benzene rings is 1. The van der Waals surface area contributed by atoms with Crippen LogP contribution in [0.5, 0.6) is 0 Å². The van der Waals surface area contributed by atoms with Crippen molar-refractivity contribution in [1.29, 1.82) is 0 Å². The Kier molecular flexibility index (Phi) is 2.34. The van der Waals surface area contributed by atoms with E-state index in [2.05, 4.69) is 48.4 Å². The van der Waals surface area contributed by atoms with Crippen LogP contribution in [0.25, 0.3) is 10.9 Å². The van der Waals surface area contributed by atoms with Gasteiger partial charge in [0.05, 0.1) is 0 Å². The van der Waals surface area contributed by atoms with Gasteiger partial charge in [0.1, 0.15) is 0 Å². The first-order valence-corrected chi connectivity index (χ1v) is 7.51. The molecule has 0 radical (unpaired) electrons. The van der Waals surface area contributed by atoms with Gasteiger partial charge in [0, 0.05) is 28.7 Å². The first-order chi connectivity index (χ1) is 9.15. The van der Waals surface area contributed by atoms with Crippen molar-refractivity contribution in [2.24, 2.45) is 5.41 Å². The van der Waals surface area contributed by atoms with Crippen LogP contribution < -0.4 is 5.32 Å². The molecule has 1 heterocycles. The molecule has 1 aromatic heterocycles. The van der Waals surface area contributed by atoms with Crippen molar-refractivity contribution in [1.82, 2.24) is 10.3 Å². The minimum atomic E-state index is 0.504. The Morgan fingerprint density at radius 2 is 2.05 bits per heavy atom. The minimum absolute atomic E-state index is 0.504. The Labute approximate surface area is 114 Å². The molecule has 2 unspecified atom stereocenters. The summed E-state index contributed by atoms with van der Waals surface area (Å²) >= 11 is 0. The van der Waals surface area contributed by atoms with Crippen LogP contribution in [0.3, 0.4) is 0 Å². The highest BCUT2D eigenvalue weighted by molar-refractivity contribution is 5.85. The van der Waals surface area contributed by atoms with Gasteiger partial charge in [0.2, 0.25) is 0 Å². The van der Waals surface area contributed by atoms with Crippen LogP contribution in [0.2, 0.25) is 0 Å². The van der Waals surface area contributed by atoms with E-state index in [0.29, 0.717) is 17.5 Å². The number of aryl methyl sites for hydroxylation is 1. The van der Waals surface area contributed by atoms with E-state index in [1.807, 2.05) is 0 Å². The van der Waals surface area contributed by atoms with Crippen LogP contribution >= 0.6 is 0 Å². The van der Waals surface area contributed by atoms with Gasteiger partial charge in [-0.25, -0.2) is 0 Å². The Morgan fingerprint density at radius 1 is 1.26 bits per heavy atom. The van der Waals surface area contributed by atoms with Crippen molar-refractivity contribution in [2.45, 2.75) is 51.6 Å². The second kappa shape index (κ2) is 3.86. The molecule has 2 heteroatoms. The number of aromatic nitrogens is 1. The lowest BCUT2D eigenvalue weighted by Crippen LogP contribution is -2.29. The van der Waals surface area contributed by atoms with Crippen LogP contribution in [0.15, 0.2) is 24.3 Å². The SMILES string of the molecule is CC1(C)CC1NC1CCCc2c1[nH]c1ccccc21. The number of fused-ring (bicyclic) bond motifs is 3. The fourth-order valence-electron chi connectivity index (χ4n) is 3.58. The largest absolute Gasteiger partial charge is 0.357 e. The van der Waals surface area contributed by atoms with E-state index in [0.717, 1.165) is 0 Å². The van der Waals surface area contributed by atoms with Crippen molar-refractivity contribution < 1.29 is 0 Å². The normalized spacial score (nSPS) is 28.3. The smallest absolute Gasteiger partial charge is 0.0478 e. The summed E-state index contributed by atoms with van der Waals surface area (Å²) in [4.78, 5) is 3.66. The minimum Gasteiger partial charge on any atom is -0.357 e. The third-order valence-electron chi connectivity index (χ3n) is 5.03. The first-order valence-electron chi connectivity index (χ1n) is 7.51. The summed E-state index contributed by atoms with van der Waals surface area (Å²) in [7, 11) is 0. The quantitative estimate of drug-likeness (QED) is 0.835. The number of para-hydroxylation sites is 1. The summed E-state index contributed by atoms with van der Waals surface area (Å²) < 4.78 is 0. The molecule has 2 aromatic rings. The van der Waals surface area contributed by atoms with E-state index in [-0.39, 0.29) is 0 Å². The van der Waals surface area contributed by atoms with Gasteiger partial charge in [0.25, 0.3) is 0 Å². The zero-order valence-electron chi connectivity index (χ0n) is 11.8. The predicted octanol–water partition coefficient (Wildman–Crippen LogP) is 3.93.